The Hall–Kier alpha value is -3.45. The molecule has 7 heteroatoms. The Labute approximate surface area is 175 Å². The van der Waals surface area contributed by atoms with Crippen LogP contribution in [0.3, 0.4) is 0 Å². The molecule has 1 fully saturated rings. The van der Waals surface area contributed by atoms with Gasteiger partial charge in [-0.25, -0.2) is 0 Å². The minimum Gasteiger partial charge on any atom is -0.381 e. The van der Waals surface area contributed by atoms with Gasteiger partial charge in [-0.05, 0) is 37.1 Å². The van der Waals surface area contributed by atoms with Crippen LogP contribution in [0.5, 0.6) is 0 Å². The zero-order valence-corrected chi connectivity index (χ0v) is 16.8. The summed E-state index contributed by atoms with van der Waals surface area (Å²) in [6, 6.07) is 18.4. The molecule has 0 unspecified atom stereocenters. The Morgan fingerprint density at radius 3 is 2.40 bits per heavy atom. The molecule has 0 saturated carbocycles. The molecule has 0 atom stereocenters. The van der Waals surface area contributed by atoms with E-state index in [4.69, 9.17) is 4.74 Å². The Morgan fingerprint density at radius 1 is 1.00 bits per heavy atom. The van der Waals surface area contributed by atoms with Crippen LogP contribution >= 0.6 is 0 Å². The first kappa shape index (κ1) is 19.8. The van der Waals surface area contributed by atoms with Crippen molar-refractivity contribution in [1.82, 2.24) is 9.78 Å². The van der Waals surface area contributed by atoms with Gasteiger partial charge in [-0.2, -0.15) is 5.10 Å². The minimum absolute atomic E-state index is 0.00463. The maximum Gasteiger partial charge on any atom is 0.256 e. The summed E-state index contributed by atoms with van der Waals surface area (Å²) in [5.41, 5.74) is 2.98. The predicted molar refractivity (Wildman–Crippen MR) is 115 cm³/mol. The van der Waals surface area contributed by atoms with Gasteiger partial charge in [0, 0.05) is 49.1 Å². The summed E-state index contributed by atoms with van der Waals surface area (Å²) in [5, 5.41) is 10.4. The van der Waals surface area contributed by atoms with Gasteiger partial charge in [-0.15, -0.1) is 0 Å². The van der Waals surface area contributed by atoms with Gasteiger partial charge in [0.25, 0.3) is 5.91 Å². The lowest BCUT2D eigenvalue weighted by atomic mass is 9.99. The number of nitrogens with one attached hydrogen (secondary N) is 2. The molecule has 2 amide bonds. The molecule has 7 nitrogen and oxygen atoms in total. The molecule has 0 spiro atoms. The summed E-state index contributed by atoms with van der Waals surface area (Å²) in [4.78, 5) is 24.8. The molecular weight excluding hydrogens is 380 g/mol. The van der Waals surface area contributed by atoms with Crippen molar-refractivity contribution in [3.63, 3.8) is 0 Å². The van der Waals surface area contributed by atoms with Gasteiger partial charge in [-0.3, -0.25) is 14.3 Å². The lowest BCUT2D eigenvalue weighted by Crippen LogP contribution is -2.28. The highest BCUT2D eigenvalue weighted by atomic mass is 16.5. The fourth-order valence-corrected chi connectivity index (χ4v) is 3.43. The van der Waals surface area contributed by atoms with E-state index in [-0.39, 0.29) is 17.7 Å². The second-order valence-corrected chi connectivity index (χ2v) is 7.31. The SMILES string of the molecule is Cn1nc(-c2ccc(NC(=O)C3CCOCC3)cc2)cc1NC(=O)c1ccccc1. The second kappa shape index (κ2) is 8.92. The molecule has 1 aliphatic rings. The number of hydrogen-bond acceptors (Lipinski definition) is 4. The average molecular weight is 404 g/mol. The highest BCUT2D eigenvalue weighted by Gasteiger charge is 2.21. The molecule has 30 heavy (non-hydrogen) atoms. The largest absolute Gasteiger partial charge is 0.381 e. The van der Waals surface area contributed by atoms with E-state index in [1.807, 2.05) is 48.5 Å². The number of aromatic nitrogens is 2. The summed E-state index contributed by atoms with van der Waals surface area (Å²) in [6.45, 7) is 1.28. The molecule has 4 rings (SSSR count). The van der Waals surface area contributed by atoms with Crippen LogP contribution in [0, 0.1) is 5.92 Å². The molecular formula is C23H24N4O3. The quantitative estimate of drug-likeness (QED) is 0.679. The summed E-state index contributed by atoms with van der Waals surface area (Å²) in [6.07, 6.45) is 1.52. The fraction of sp³-hybridized carbons (Fsp3) is 0.261. The van der Waals surface area contributed by atoms with Gasteiger partial charge < -0.3 is 15.4 Å². The van der Waals surface area contributed by atoms with E-state index in [2.05, 4.69) is 15.7 Å². The van der Waals surface area contributed by atoms with Crippen LogP contribution < -0.4 is 10.6 Å². The third-order valence-electron chi connectivity index (χ3n) is 5.20. The van der Waals surface area contributed by atoms with E-state index < -0.39 is 0 Å². The molecule has 2 N–H and O–H groups in total. The van der Waals surface area contributed by atoms with Crippen LogP contribution in [-0.2, 0) is 16.6 Å². The molecule has 1 aromatic heterocycles. The summed E-state index contributed by atoms with van der Waals surface area (Å²) in [7, 11) is 1.78. The number of carbonyl (C=O) groups excluding carboxylic acids is 2. The Kier molecular flexibility index (Phi) is 5.90. The van der Waals surface area contributed by atoms with E-state index in [0.717, 1.165) is 29.8 Å². The standard InChI is InChI=1S/C23H24N4O3/c1-27-21(25-23(29)17-5-3-2-4-6-17)15-20(26-27)16-7-9-19(10-8-16)24-22(28)18-11-13-30-14-12-18/h2-10,15,18H,11-14H2,1H3,(H,24,28)(H,25,29). The average Bonchev–Trinajstić information content (AvgIpc) is 3.15. The van der Waals surface area contributed by atoms with Gasteiger partial charge >= 0.3 is 0 Å². The maximum atomic E-state index is 12.4. The fourth-order valence-electron chi connectivity index (χ4n) is 3.43. The van der Waals surface area contributed by atoms with Crippen molar-refractivity contribution in [3.05, 3.63) is 66.2 Å². The number of amides is 2. The van der Waals surface area contributed by atoms with Crippen molar-refractivity contribution in [2.45, 2.75) is 12.8 Å². The van der Waals surface area contributed by atoms with Crippen molar-refractivity contribution < 1.29 is 14.3 Å². The highest BCUT2D eigenvalue weighted by Crippen LogP contribution is 2.24. The van der Waals surface area contributed by atoms with Crippen molar-refractivity contribution in [2.24, 2.45) is 13.0 Å². The van der Waals surface area contributed by atoms with E-state index in [1.54, 1.807) is 23.9 Å². The van der Waals surface area contributed by atoms with Crippen LogP contribution in [0.15, 0.2) is 60.7 Å². The third-order valence-corrected chi connectivity index (χ3v) is 5.20. The topological polar surface area (TPSA) is 85.2 Å². The van der Waals surface area contributed by atoms with Crippen molar-refractivity contribution in [2.75, 3.05) is 23.8 Å². The molecule has 2 heterocycles. The number of rotatable bonds is 5. The summed E-state index contributed by atoms with van der Waals surface area (Å²) in [5.74, 6) is 0.465. The predicted octanol–water partition coefficient (Wildman–Crippen LogP) is 3.70. The van der Waals surface area contributed by atoms with Gasteiger partial charge in [0.2, 0.25) is 5.91 Å². The van der Waals surface area contributed by atoms with E-state index in [1.165, 1.54) is 0 Å². The number of hydrogen-bond donors (Lipinski definition) is 2. The van der Waals surface area contributed by atoms with Crippen molar-refractivity contribution in [3.8, 4) is 11.3 Å². The zero-order valence-electron chi connectivity index (χ0n) is 16.8. The first-order valence-electron chi connectivity index (χ1n) is 9.99. The number of ether oxygens (including phenoxy) is 1. The highest BCUT2D eigenvalue weighted by molar-refractivity contribution is 6.04. The lowest BCUT2D eigenvalue weighted by molar-refractivity contribution is -0.122. The normalized spacial score (nSPS) is 14.3. The van der Waals surface area contributed by atoms with Gasteiger partial charge in [0.15, 0.2) is 0 Å². The van der Waals surface area contributed by atoms with E-state index in [0.29, 0.717) is 24.6 Å². The molecule has 2 aromatic carbocycles. The van der Waals surface area contributed by atoms with Crippen LogP contribution in [0.4, 0.5) is 11.5 Å². The van der Waals surface area contributed by atoms with Crippen LogP contribution in [0.25, 0.3) is 11.3 Å². The van der Waals surface area contributed by atoms with Gasteiger partial charge in [0.05, 0.1) is 5.69 Å². The lowest BCUT2D eigenvalue weighted by Gasteiger charge is -2.21. The smallest absolute Gasteiger partial charge is 0.256 e. The molecule has 0 radical (unpaired) electrons. The zero-order chi connectivity index (χ0) is 20.9. The van der Waals surface area contributed by atoms with Crippen molar-refractivity contribution >= 4 is 23.3 Å². The summed E-state index contributed by atoms with van der Waals surface area (Å²) >= 11 is 0. The Morgan fingerprint density at radius 2 is 1.70 bits per heavy atom. The first-order valence-corrected chi connectivity index (χ1v) is 9.99. The van der Waals surface area contributed by atoms with Crippen LogP contribution in [0.2, 0.25) is 0 Å². The third kappa shape index (κ3) is 4.58. The molecule has 3 aromatic rings. The molecule has 0 bridgehead atoms. The number of aryl methyl sites for hydroxylation is 1. The first-order chi connectivity index (χ1) is 14.6. The van der Waals surface area contributed by atoms with Crippen molar-refractivity contribution in [1.29, 1.82) is 0 Å². The maximum absolute atomic E-state index is 12.4. The monoisotopic (exact) mass is 404 g/mol. The number of nitrogens with zero attached hydrogens (tertiary/aromatic N) is 2. The van der Waals surface area contributed by atoms with E-state index in [9.17, 15) is 9.59 Å². The Balaban J connectivity index is 1.42. The summed E-state index contributed by atoms with van der Waals surface area (Å²) < 4.78 is 6.95. The molecule has 0 aliphatic carbocycles. The van der Waals surface area contributed by atoms with Gasteiger partial charge in [-0.1, -0.05) is 30.3 Å². The minimum atomic E-state index is -0.184. The van der Waals surface area contributed by atoms with Crippen LogP contribution in [0.1, 0.15) is 23.2 Å². The van der Waals surface area contributed by atoms with Gasteiger partial charge in [0.1, 0.15) is 5.82 Å². The van der Waals surface area contributed by atoms with E-state index >= 15 is 0 Å². The molecule has 1 saturated heterocycles. The number of benzene rings is 2. The number of anilines is 2. The molecule has 154 valence electrons. The molecule has 1 aliphatic heterocycles. The van der Waals surface area contributed by atoms with Crippen LogP contribution in [-0.4, -0.2) is 34.8 Å². The Bertz CT molecular complexity index is 1020. The second-order valence-electron chi connectivity index (χ2n) is 7.31. The number of carbonyl (C=O) groups is 2.